The van der Waals surface area contributed by atoms with Crippen molar-refractivity contribution in [3.63, 3.8) is 0 Å². The lowest BCUT2D eigenvalue weighted by Gasteiger charge is -2.11. The van der Waals surface area contributed by atoms with E-state index in [2.05, 4.69) is 10.6 Å². The van der Waals surface area contributed by atoms with E-state index >= 15 is 0 Å². The molecule has 1 aromatic rings. The monoisotopic (exact) mass is 289 g/mol. The van der Waals surface area contributed by atoms with Gasteiger partial charge in [-0.1, -0.05) is 12.1 Å². The second-order valence-electron chi connectivity index (χ2n) is 5.59. The lowest BCUT2D eigenvalue weighted by molar-refractivity contribution is -0.124. The first kappa shape index (κ1) is 15.5. The van der Waals surface area contributed by atoms with Crippen LogP contribution in [0.15, 0.2) is 24.3 Å². The van der Waals surface area contributed by atoms with Gasteiger partial charge in [-0.2, -0.15) is 0 Å². The zero-order chi connectivity index (χ0) is 15.2. The molecule has 114 valence electrons. The minimum Gasteiger partial charge on any atom is -0.356 e. The molecule has 1 fully saturated rings. The van der Waals surface area contributed by atoms with Gasteiger partial charge in [-0.05, 0) is 43.4 Å². The van der Waals surface area contributed by atoms with E-state index in [4.69, 9.17) is 5.73 Å². The Morgan fingerprint density at radius 3 is 2.81 bits per heavy atom. The predicted molar refractivity (Wildman–Crippen MR) is 81.9 cm³/mol. The van der Waals surface area contributed by atoms with Crippen molar-refractivity contribution in [2.24, 2.45) is 11.7 Å². The fraction of sp³-hybridized carbons (Fsp3) is 0.500. The molecule has 1 aliphatic rings. The Morgan fingerprint density at radius 2 is 2.14 bits per heavy atom. The summed E-state index contributed by atoms with van der Waals surface area (Å²) in [7, 11) is 1.61. The van der Waals surface area contributed by atoms with E-state index in [1.807, 2.05) is 18.2 Å². The second kappa shape index (κ2) is 7.22. The maximum absolute atomic E-state index is 12.0. The van der Waals surface area contributed by atoms with Crippen LogP contribution in [0.2, 0.25) is 0 Å². The summed E-state index contributed by atoms with van der Waals surface area (Å²) in [5, 5.41) is 5.56. The Hall–Kier alpha value is -1.88. The molecule has 0 aliphatic heterocycles. The Morgan fingerprint density at radius 1 is 1.33 bits per heavy atom. The van der Waals surface area contributed by atoms with E-state index in [0.29, 0.717) is 12.1 Å². The van der Waals surface area contributed by atoms with Crippen LogP contribution in [0.5, 0.6) is 0 Å². The lowest BCUT2D eigenvalue weighted by Crippen LogP contribution is -2.32. The molecule has 2 rings (SSSR count). The molecule has 1 saturated carbocycles. The highest BCUT2D eigenvalue weighted by Crippen LogP contribution is 2.23. The quantitative estimate of drug-likeness (QED) is 0.751. The summed E-state index contributed by atoms with van der Waals surface area (Å²) in [5.41, 5.74) is 7.51. The normalized spacial score (nSPS) is 21.0. The first-order chi connectivity index (χ1) is 10.1. The van der Waals surface area contributed by atoms with Crippen molar-refractivity contribution in [2.75, 3.05) is 13.6 Å². The number of hydrogen-bond donors (Lipinski definition) is 3. The maximum Gasteiger partial charge on any atom is 0.251 e. The van der Waals surface area contributed by atoms with Gasteiger partial charge in [-0.25, -0.2) is 0 Å². The lowest BCUT2D eigenvalue weighted by atomic mass is 10.1. The van der Waals surface area contributed by atoms with E-state index < -0.39 is 0 Å². The summed E-state index contributed by atoms with van der Waals surface area (Å²) in [6.45, 7) is 0.585. The molecule has 2 unspecified atom stereocenters. The van der Waals surface area contributed by atoms with Gasteiger partial charge >= 0.3 is 0 Å². The van der Waals surface area contributed by atoms with E-state index in [-0.39, 0.29) is 23.8 Å². The zero-order valence-corrected chi connectivity index (χ0v) is 12.4. The molecule has 0 bridgehead atoms. The molecular weight excluding hydrogens is 266 g/mol. The first-order valence-electron chi connectivity index (χ1n) is 7.44. The largest absolute Gasteiger partial charge is 0.356 e. The summed E-state index contributed by atoms with van der Waals surface area (Å²) in [6.07, 6.45) is 3.33. The average Bonchev–Trinajstić information content (AvgIpc) is 2.93. The highest BCUT2D eigenvalue weighted by molar-refractivity contribution is 5.94. The molecule has 2 amide bonds. The Bertz CT molecular complexity index is 516. The van der Waals surface area contributed by atoms with Gasteiger partial charge in [0.05, 0.1) is 0 Å². The summed E-state index contributed by atoms with van der Waals surface area (Å²) < 4.78 is 0. The zero-order valence-electron chi connectivity index (χ0n) is 12.4. The smallest absolute Gasteiger partial charge is 0.251 e. The molecule has 5 heteroatoms. The molecule has 1 aliphatic carbocycles. The van der Waals surface area contributed by atoms with E-state index in [9.17, 15) is 9.59 Å². The highest BCUT2D eigenvalue weighted by Gasteiger charge is 2.27. The molecular formula is C16H23N3O2. The van der Waals surface area contributed by atoms with Crippen LogP contribution in [0, 0.1) is 5.92 Å². The molecule has 0 aromatic heterocycles. The Kier molecular flexibility index (Phi) is 5.33. The average molecular weight is 289 g/mol. The van der Waals surface area contributed by atoms with Crippen molar-refractivity contribution in [1.82, 2.24) is 10.6 Å². The minimum atomic E-state index is -0.0965. The Balaban J connectivity index is 1.80. The molecule has 0 spiro atoms. The number of nitrogens with two attached hydrogens (primary N) is 1. The number of carbonyl (C=O) groups excluding carboxylic acids is 2. The molecule has 0 heterocycles. The van der Waals surface area contributed by atoms with Crippen molar-refractivity contribution in [3.8, 4) is 0 Å². The summed E-state index contributed by atoms with van der Waals surface area (Å²) in [6, 6.07) is 7.63. The number of hydrogen-bond acceptors (Lipinski definition) is 3. The molecule has 0 radical (unpaired) electrons. The molecule has 5 nitrogen and oxygen atoms in total. The van der Waals surface area contributed by atoms with Crippen LogP contribution in [-0.2, 0) is 11.2 Å². The summed E-state index contributed by atoms with van der Waals surface area (Å²) in [4.78, 5) is 23.5. The third kappa shape index (κ3) is 4.29. The Labute approximate surface area is 125 Å². The summed E-state index contributed by atoms with van der Waals surface area (Å²) in [5.74, 6) is 0.0726. The van der Waals surface area contributed by atoms with Crippen LogP contribution < -0.4 is 16.4 Å². The number of rotatable bonds is 5. The third-order valence-electron chi connectivity index (χ3n) is 3.97. The maximum atomic E-state index is 12.0. The molecule has 4 N–H and O–H groups in total. The van der Waals surface area contributed by atoms with Gasteiger partial charge in [0.25, 0.3) is 5.91 Å². The van der Waals surface area contributed by atoms with E-state index in [1.165, 1.54) is 0 Å². The van der Waals surface area contributed by atoms with Gasteiger partial charge in [-0.15, -0.1) is 0 Å². The van der Waals surface area contributed by atoms with Gasteiger partial charge in [-0.3, -0.25) is 9.59 Å². The van der Waals surface area contributed by atoms with Crippen molar-refractivity contribution in [1.29, 1.82) is 0 Å². The number of carbonyl (C=O) groups is 2. The summed E-state index contributed by atoms with van der Waals surface area (Å²) >= 11 is 0. The van der Waals surface area contributed by atoms with Gasteiger partial charge in [0, 0.05) is 31.1 Å². The second-order valence-corrected chi connectivity index (χ2v) is 5.59. The van der Waals surface area contributed by atoms with Crippen LogP contribution >= 0.6 is 0 Å². The van der Waals surface area contributed by atoms with Crippen molar-refractivity contribution < 1.29 is 9.59 Å². The standard InChI is InChI=1S/C16H23N3O2/c1-18-15(20)12-4-2-3-11(9-12)7-8-19-16(21)13-5-6-14(17)10-13/h2-4,9,13-14H,5-8,10,17H2,1H3,(H,18,20)(H,19,21). The fourth-order valence-corrected chi connectivity index (χ4v) is 2.74. The number of amides is 2. The van der Waals surface area contributed by atoms with Gasteiger partial charge < -0.3 is 16.4 Å². The van der Waals surface area contributed by atoms with Gasteiger partial charge in [0.15, 0.2) is 0 Å². The van der Waals surface area contributed by atoms with Crippen molar-refractivity contribution in [3.05, 3.63) is 35.4 Å². The fourth-order valence-electron chi connectivity index (χ4n) is 2.74. The molecule has 0 saturated heterocycles. The SMILES string of the molecule is CNC(=O)c1cccc(CCNC(=O)C2CCC(N)C2)c1. The predicted octanol–water partition coefficient (Wildman–Crippen LogP) is 0.832. The molecule has 1 aromatic carbocycles. The van der Waals surface area contributed by atoms with Crippen molar-refractivity contribution in [2.45, 2.75) is 31.7 Å². The van der Waals surface area contributed by atoms with Crippen molar-refractivity contribution >= 4 is 11.8 Å². The van der Waals surface area contributed by atoms with E-state index in [0.717, 1.165) is 31.2 Å². The van der Waals surface area contributed by atoms with Crippen LogP contribution in [0.3, 0.4) is 0 Å². The van der Waals surface area contributed by atoms with Gasteiger partial charge in [0.2, 0.25) is 5.91 Å². The molecule has 21 heavy (non-hydrogen) atoms. The number of nitrogens with one attached hydrogen (secondary N) is 2. The third-order valence-corrected chi connectivity index (χ3v) is 3.97. The number of benzene rings is 1. The van der Waals surface area contributed by atoms with Crippen LogP contribution in [-0.4, -0.2) is 31.4 Å². The minimum absolute atomic E-state index is 0.0669. The molecule has 2 atom stereocenters. The topological polar surface area (TPSA) is 84.2 Å². The van der Waals surface area contributed by atoms with Crippen LogP contribution in [0.25, 0.3) is 0 Å². The van der Waals surface area contributed by atoms with E-state index in [1.54, 1.807) is 13.1 Å². The van der Waals surface area contributed by atoms with Gasteiger partial charge in [0.1, 0.15) is 0 Å². The van der Waals surface area contributed by atoms with Crippen LogP contribution in [0.1, 0.15) is 35.2 Å². The highest BCUT2D eigenvalue weighted by atomic mass is 16.2. The van der Waals surface area contributed by atoms with Crippen LogP contribution in [0.4, 0.5) is 0 Å². The first-order valence-corrected chi connectivity index (χ1v) is 7.44.